The largest absolute Gasteiger partial charge is 0.332 e. The summed E-state index contributed by atoms with van der Waals surface area (Å²) in [5.41, 5.74) is 4.77. The third kappa shape index (κ3) is 2.49. The van der Waals surface area contributed by atoms with E-state index in [2.05, 4.69) is 67.8 Å². The summed E-state index contributed by atoms with van der Waals surface area (Å²) in [5, 5.41) is 11.5. The Morgan fingerprint density at radius 3 is 2.67 bits per heavy atom. The van der Waals surface area contributed by atoms with E-state index >= 15 is 0 Å². The molecule has 132 valence electrons. The standard InChI is InChI=1S/C21H17N5O/c1-14-23-20(27-26-14)19-17-9-10-21(12-18(17)24-25-19,15-6-3-2-4-7-15)16-8-5-11-22-13-16/h2-11,13H,12H2,1H3,(H,24,25). The van der Waals surface area contributed by atoms with E-state index < -0.39 is 0 Å². The van der Waals surface area contributed by atoms with Crippen molar-refractivity contribution < 1.29 is 4.52 Å². The molecule has 0 fully saturated rings. The Bertz CT molecular complexity index is 1070. The predicted molar refractivity (Wildman–Crippen MR) is 101 cm³/mol. The van der Waals surface area contributed by atoms with Crippen molar-refractivity contribution in [3.8, 4) is 11.6 Å². The van der Waals surface area contributed by atoms with Gasteiger partial charge in [0.2, 0.25) is 0 Å². The number of H-pyrrole nitrogens is 1. The molecule has 1 unspecified atom stereocenters. The molecule has 0 radical (unpaired) electrons. The maximum atomic E-state index is 5.31. The molecule has 0 saturated carbocycles. The second kappa shape index (κ2) is 6.02. The molecule has 0 saturated heterocycles. The molecule has 1 aliphatic carbocycles. The van der Waals surface area contributed by atoms with E-state index in [1.807, 2.05) is 18.3 Å². The topological polar surface area (TPSA) is 80.5 Å². The van der Waals surface area contributed by atoms with Gasteiger partial charge in [-0.2, -0.15) is 10.1 Å². The Balaban J connectivity index is 1.66. The van der Waals surface area contributed by atoms with Crippen LogP contribution >= 0.6 is 0 Å². The van der Waals surface area contributed by atoms with Crippen LogP contribution in [0.1, 0.15) is 28.2 Å². The van der Waals surface area contributed by atoms with Gasteiger partial charge in [0.25, 0.3) is 5.89 Å². The van der Waals surface area contributed by atoms with E-state index in [1.165, 1.54) is 5.56 Å². The van der Waals surface area contributed by atoms with Crippen LogP contribution in [-0.4, -0.2) is 25.3 Å². The Kier molecular flexibility index (Phi) is 3.50. The maximum Gasteiger partial charge on any atom is 0.279 e. The van der Waals surface area contributed by atoms with Gasteiger partial charge in [0.1, 0.15) is 0 Å². The van der Waals surface area contributed by atoms with E-state index in [4.69, 9.17) is 4.52 Å². The van der Waals surface area contributed by atoms with Gasteiger partial charge in [-0.1, -0.05) is 53.7 Å². The van der Waals surface area contributed by atoms with Crippen molar-refractivity contribution in [2.45, 2.75) is 18.8 Å². The fourth-order valence-corrected chi connectivity index (χ4v) is 3.75. The first-order valence-corrected chi connectivity index (χ1v) is 8.79. The minimum atomic E-state index is -0.308. The molecule has 0 bridgehead atoms. The number of hydrogen-bond acceptors (Lipinski definition) is 5. The molecule has 5 rings (SSSR count). The second-order valence-electron chi connectivity index (χ2n) is 6.70. The van der Waals surface area contributed by atoms with Crippen LogP contribution in [-0.2, 0) is 11.8 Å². The van der Waals surface area contributed by atoms with Crippen molar-refractivity contribution in [3.63, 3.8) is 0 Å². The number of aryl methyl sites for hydroxylation is 1. The lowest BCUT2D eigenvalue weighted by Crippen LogP contribution is -2.30. The van der Waals surface area contributed by atoms with Gasteiger partial charge in [-0.3, -0.25) is 10.1 Å². The summed E-state index contributed by atoms with van der Waals surface area (Å²) in [6, 6.07) is 14.6. The van der Waals surface area contributed by atoms with Crippen molar-refractivity contribution in [1.29, 1.82) is 0 Å². The first kappa shape index (κ1) is 15.7. The van der Waals surface area contributed by atoms with E-state index in [-0.39, 0.29) is 5.41 Å². The number of hydrogen-bond donors (Lipinski definition) is 1. The van der Waals surface area contributed by atoms with Crippen molar-refractivity contribution in [2.75, 3.05) is 0 Å². The average Bonchev–Trinajstić information content (AvgIpc) is 3.34. The summed E-state index contributed by atoms with van der Waals surface area (Å²) in [7, 11) is 0. The molecular formula is C21H17N5O. The number of rotatable bonds is 3. The van der Waals surface area contributed by atoms with Crippen LogP contribution in [0.25, 0.3) is 17.7 Å². The number of nitrogens with zero attached hydrogens (tertiary/aromatic N) is 4. The fourth-order valence-electron chi connectivity index (χ4n) is 3.75. The van der Waals surface area contributed by atoms with Crippen LogP contribution in [0.3, 0.4) is 0 Å². The lowest BCUT2D eigenvalue weighted by atomic mass is 9.69. The molecule has 0 amide bonds. The third-order valence-electron chi connectivity index (χ3n) is 5.07. The zero-order valence-corrected chi connectivity index (χ0v) is 14.8. The third-order valence-corrected chi connectivity index (χ3v) is 5.07. The molecule has 1 aromatic carbocycles. The maximum absolute atomic E-state index is 5.31. The van der Waals surface area contributed by atoms with Crippen LogP contribution in [0.15, 0.2) is 65.5 Å². The van der Waals surface area contributed by atoms with E-state index in [9.17, 15) is 0 Å². The molecule has 3 aromatic heterocycles. The van der Waals surface area contributed by atoms with Crippen LogP contribution in [0.5, 0.6) is 0 Å². The SMILES string of the molecule is Cc1noc(-c2n[nH]c3c2C=CC(c2ccccc2)(c2cccnc2)C3)n1. The van der Waals surface area contributed by atoms with E-state index in [1.54, 1.807) is 13.1 Å². The molecule has 0 aliphatic heterocycles. The number of aromatic nitrogens is 5. The number of nitrogens with one attached hydrogen (secondary N) is 1. The highest BCUT2D eigenvalue weighted by Gasteiger charge is 2.37. The van der Waals surface area contributed by atoms with Gasteiger partial charge in [0, 0.05) is 35.5 Å². The first-order valence-electron chi connectivity index (χ1n) is 8.79. The molecule has 3 heterocycles. The number of aromatic amines is 1. The molecule has 1 atom stereocenters. The first-order chi connectivity index (χ1) is 13.3. The van der Waals surface area contributed by atoms with Crippen LogP contribution < -0.4 is 0 Å². The molecule has 4 aromatic rings. The highest BCUT2D eigenvalue weighted by Crippen LogP contribution is 2.42. The highest BCUT2D eigenvalue weighted by molar-refractivity contribution is 5.72. The Labute approximate surface area is 156 Å². The molecular weight excluding hydrogens is 338 g/mol. The number of benzene rings is 1. The molecule has 27 heavy (non-hydrogen) atoms. The van der Waals surface area contributed by atoms with Crippen LogP contribution in [0.2, 0.25) is 0 Å². The number of fused-ring (bicyclic) bond motifs is 1. The summed E-state index contributed by atoms with van der Waals surface area (Å²) in [6.45, 7) is 1.80. The second-order valence-corrected chi connectivity index (χ2v) is 6.70. The number of allylic oxidation sites excluding steroid dienone is 1. The summed E-state index contributed by atoms with van der Waals surface area (Å²) in [5.74, 6) is 1.03. The quantitative estimate of drug-likeness (QED) is 0.606. The predicted octanol–water partition coefficient (Wildman–Crippen LogP) is 3.72. The van der Waals surface area contributed by atoms with Crippen LogP contribution in [0.4, 0.5) is 0 Å². The smallest absolute Gasteiger partial charge is 0.279 e. The van der Waals surface area contributed by atoms with Gasteiger partial charge in [-0.15, -0.1) is 0 Å². The fraction of sp³-hybridized carbons (Fsp3) is 0.143. The Hall–Kier alpha value is -3.54. The molecule has 6 heteroatoms. The van der Waals surface area contributed by atoms with E-state index in [0.717, 1.165) is 23.2 Å². The van der Waals surface area contributed by atoms with Gasteiger partial charge in [-0.05, 0) is 24.1 Å². The summed E-state index contributed by atoms with van der Waals surface area (Å²) < 4.78 is 5.31. The lowest BCUT2D eigenvalue weighted by molar-refractivity contribution is 0.424. The van der Waals surface area contributed by atoms with Gasteiger partial charge in [-0.25, -0.2) is 0 Å². The molecule has 1 N–H and O–H groups in total. The molecule has 1 aliphatic rings. The minimum Gasteiger partial charge on any atom is -0.332 e. The van der Waals surface area contributed by atoms with Gasteiger partial charge < -0.3 is 4.52 Å². The Morgan fingerprint density at radius 1 is 1.07 bits per heavy atom. The number of pyridine rings is 1. The molecule has 6 nitrogen and oxygen atoms in total. The van der Waals surface area contributed by atoms with Crippen molar-refractivity contribution >= 4 is 6.08 Å². The normalized spacial score (nSPS) is 18.4. The summed E-state index contributed by atoms with van der Waals surface area (Å²) >= 11 is 0. The van der Waals surface area contributed by atoms with E-state index in [0.29, 0.717) is 17.4 Å². The van der Waals surface area contributed by atoms with Crippen molar-refractivity contribution in [2.24, 2.45) is 0 Å². The van der Waals surface area contributed by atoms with Crippen LogP contribution in [0, 0.1) is 6.92 Å². The minimum absolute atomic E-state index is 0.308. The van der Waals surface area contributed by atoms with Gasteiger partial charge in [0.05, 0.1) is 0 Å². The van der Waals surface area contributed by atoms with Crippen molar-refractivity contribution in [3.05, 3.63) is 89.1 Å². The summed E-state index contributed by atoms with van der Waals surface area (Å²) in [4.78, 5) is 8.66. The van der Waals surface area contributed by atoms with Gasteiger partial charge in [0.15, 0.2) is 11.5 Å². The molecule has 0 spiro atoms. The highest BCUT2D eigenvalue weighted by atomic mass is 16.5. The zero-order chi connectivity index (χ0) is 18.3. The lowest BCUT2D eigenvalue weighted by Gasteiger charge is -2.34. The average molecular weight is 355 g/mol. The Morgan fingerprint density at radius 2 is 1.93 bits per heavy atom. The van der Waals surface area contributed by atoms with Crippen molar-refractivity contribution in [1.82, 2.24) is 25.3 Å². The van der Waals surface area contributed by atoms with Gasteiger partial charge >= 0.3 is 0 Å². The summed E-state index contributed by atoms with van der Waals surface area (Å²) in [6.07, 6.45) is 8.79. The monoisotopic (exact) mass is 355 g/mol. The zero-order valence-electron chi connectivity index (χ0n) is 14.8.